The van der Waals surface area contributed by atoms with Gasteiger partial charge in [-0.25, -0.2) is 0 Å². The van der Waals surface area contributed by atoms with Crippen molar-refractivity contribution in [3.8, 4) is 0 Å². The zero-order valence-corrected chi connectivity index (χ0v) is 13.1. The van der Waals surface area contributed by atoms with E-state index >= 15 is 0 Å². The standard InChI is InChI=1S/C16H17N3O4/c1-10(12-5-4-6-14(7-12)19(22)23)18(3)16(21)15-8-13(9-17-15)11(2)20/h4-10,17H,1-3H3/t10-/m0/s1. The highest BCUT2D eigenvalue weighted by Gasteiger charge is 2.22. The third-order valence-corrected chi connectivity index (χ3v) is 3.78. The maximum Gasteiger partial charge on any atom is 0.270 e. The van der Waals surface area contributed by atoms with Crippen LogP contribution in [0.3, 0.4) is 0 Å². The number of aromatic nitrogens is 1. The molecule has 1 aromatic carbocycles. The van der Waals surface area contributed by atoms with Crippen molar-refractivity contribution in [3.05, 3.63) is 63.5 Å². The highest BCUT2D eigenvalue weighted by atomic mass is 16.6. The zero-order valence-electron chi connectivity index (χ0n) is 13.1. The van der Waals surface area contributed by atoms with Gasteiger partial charge in [0.25, 0.3) is 11.6 Å². The second-order valence-electron chi connectivity index (χ2n) is 5.30. The molecule has 0 unspecified atom stereocenters. The summed E-state index contributed by atoms with van der Waals surface area (Å²) < 4.78 is 0. The predicted molar refractivity (Wildman–Crippen MR) is 84.4 cm³/mol. The number of nitrogens with zero attached hydrogens (tertiary/aromatic N) is 2. The number of amides is 1. The number of ketones is 1. The normalized spacial score (nSPS) is 11.8. The van der Waals surface area contributed by atoms with E-state index in [1.807, 2.05) is 0 Å². The summed E-state index contributed by atoms with van der Waals surface area (Å²) in [6, 6.07) is 7.32. The molecule has 1 aromatic heterocycles. The lowest BCUT2D eigenvalue weighted by atomic mass is 10.1. The van der Waals surface area contributed by atoms with E-state index < -0.39 is 4.92 Å². The zero-order chi connectivity index (χ0) is 17.1. The Morgan fingerprint density at radius 2 is 2.00 bits per heavy atom. The molecule has 0 saturated carbocycles. The van der Waals surface area contributed by atoms with Gasteiger partial charge in [0, 0.05) is 30.9 Å². The van der Waals surface area contributed by atoms with Crippen LogP contribution in [-0.4, -0.2) is 33.5 Å². The van der Waals surface area contributed by atoms with Gasteiger partial charge in [0.05, 0.1) is 11.0 Å². The van der Waals surface area contributed by atoms with Gasteiger partial charge in [0.15, 0.2) is 5.78 Å². The average molecular weight is 315 g/mol. The van der Waals surface area contributed by atoms with Crippen LogP contribution >= 0.6 is 0 Å². The number of Topliss-reactive ketones (excluding diaryl/α,β-unsaturated/α-hetero) is 1. The number of rotatable bonds is 5. The Bertz CT molecular complexity index is 766. The summed E-state index contributed by atoms with van der Waals surface area (Å²) in [5.74, 6) is -0.425. The fraction of sp³-hybridized carbons (Fsp3) is 0.250. The van der Waals surface area contributed by atoms with Gasteiger partial charge in [-0.3, -0.25) is 19.7 Å². The first-order chi connectivity index (χ1) is 10.8. The Kier molecular flexibility index (Phi) is 4.59. The maximum absolute atomic E-state index is 12.5. The molecular formula is C16H17N3O4. The lowest BCUT2D eigenvalue weighted by Crippen LogP contribution is -2.29. The first-order valence-electron chi connectivity index (χ1n) is 7.02. The van der Waals surface area contributed by atoms with Crippen molar-refractivity contribution >= 4 is 17.4 Å². The molecule has 1 N–H and O–H groups in total. The van der Waals surface area contributed by atoms with Gasteiger partial charge in [-0.15, -0.1) is 0 Å². The third-order valence-electron chi connectivity index (χ3n) is 3.78. The van der Waals surface area contributed by atoms with Gasteiger partial charge in [-0.2, -0.15) is 0 Å². The number of benzene rings is 1. The van der Waals surface area contributed by atoms with E-state index in [4.69, 9.17) is 0 Å². The molecule has 0 radical (unpaired) electrons. The summed E-state index contributed by atoms with van der Waals surface area (Å²) in [7, 11) is 1.61. The number of hydrogen-bond donors (Lipinski definition) is 1. The fourth-order valence-corrected chi connectivity index (χ4v) is 2.21. The Morgan fingerprint density at radius 3 is 2.57 bits per heavy atom. The number of aromatic amines is 1. The van der Waals surface area contributed by atoms with Crippen molar-refractivity contribution in [1.82, 2.24) is 9.88 Å². The maximum atomic E-state index is 12.5. The highest BCUT2D eigenvalue weighted by molar-refractivity contribution is 5.99. The Labute approximate surface area is 133 Å². The van der Waals surface area contributed by atoms with E-state index in [1.54, 1.807) is 26.1 Å². The van der Waals surface area contributed by atoms with Crippen LogP contribution in [0.5, 0.6) is 0 Å². The van der Waals surface area contributed by atoms with Crippen molar-refractivity contribution in [2.24, 2.45) is 0 Å². The molecule has 120 valence electrons. The smallest absolute Gasteiger partial charge is 0.270 e. The molecule has 0 aliphatic carbocycles. The molecule has 0 aliphatic rings. The molecule has 2 aromatic rings. The molecule has 1 amide bonds. The third kappa shape index (κ3) is 3.45. The van der Waals surface area contributed by atoms with Crippen molar-refractivity contribution in [2.75, 3.05) is 7.05 Å². The second-order valence-corrected chi connectivity index (χ2v) is 5.30. The van der Waals surface area contributed by atoms with E-state index in [1.165, 1.54) is 36.2 Å². The molecule has 7 heteroatoms. The van der Waals surface area contributed by atoms with Crippen LogP contribution in [0.15, 0.2) is 36.5 Å². The SMILES string of the molecule is CC(=O)c1c[nH]c(C(=O)N(C)[C@@H](C)c2cccc([N+](=O)[O-])c2)c1. The molecule has 0 saturated heterocycles. The van der Waals surface area contributed by atoms with Crippen molar-refractivity contribution in [1.29, 1.82) is 0 Å². The van der Waals surface area contributed by atoms with Crippen LogP contribution in [-0.2, 0) is 0 Å². The molecule has 1 heterocycles. The van der Waals surface area contributed by atoms with Crippen LogP contribution in [0, 0.1) is 10.1 Å². The topological polar surface area (TPSA) is 96.3 Å². The molecule has 0 fully saturated rings. The Balaban J connectivity index is 2.22. The fourth-order valence-electron chi connectivity index (χ4n) is 2.21. The number of carbonyl (C=O) groups is 2. The number of non-ortho nitro benzene ring substituents is 1. The van der Waals surface area contributed by atoms with Crippen molar-refractivity contribution in [3.63, 3.8) is 0 Å². The lowest BCUT2D eigenvalue weighted by molar-refractivity contribution is -0.384. The van der Waals surface area contributed by atoms with Gasteiger partial charge in [-0.1, -0.05) is 12.1 Å². The minimum absolute atomic E-state index is 0.0195. The van der Waals surface area contributed by atoms with Crippen LogP contribution in [0.1, 0.15) is 46.3 Å². The van der Waals surface area contributed by atoms with Crippen LogP contribution in [0.2, 0.25) is 0 Å². The number of nitrogens with one attached hydrogen (secondary N) is 1. The first kappa shape index (κ1) is 16.4. The van der Waals surface area contributed by atoms with Crippen LogP contribution in [0.25, 0.3) is 0 Å². The summed E-state index contributed by atoms with van der Waals surface area (Å²) in [4.78, 5) is 38.4. The van der Waals surface area contributed by atoms with Crippen molar-refractivity contribution in [2.45, 2.75) is 19.9 Å². The lowest BCUT2D eigenvalue weighted by Gasteiger charge is -2.24. The number of carbonyl (C=O) groups excluding carboxylic acids is 2. The number of nitro benzene ring substituents is 1. The average Bonchev–Trinajstić information content (AvgIpc) is 3.03. The molecule has 1 atom stereocenters. The minimum Gasteiger partial charge on any atom is -0.356 e. The Hall–Kier alpha value is -2.96. The van der Waals surface area contributed by atoms with Gasteiger partial charge in [0.2, 0.25) is 0 Å². The number of hydrogen-bond acceptors (Lipinski definition) is 4. The summed E-state index contributed by atoms with van der Waals surface area (Å²) in [6.07, 6.45) is 1.49. The molecule has 0 spiro atoms. The molecule has 0 bridgehead atoms. The van der Waals surface area contributed by atoms with E-state index in [0.29, 0.717) is 16.8 Å². The van der Waals surface area contributed by atoms with Gasteiger partial charge < -0.3 is 9.88 Å². The summed E-state index contributed by atoms with van der Waals surface area (Å²) >= 11 is 0. The quantitative estimate of drug-likeness (QED) is 0.521. The molecule has 23 heavy (non-hydrogen) atoms. The van der Waals surface area contributed by atoms with Crippen LogP contribution < -0.4 is 0 Å². The summed E-state index contributed by atoms with van der Waals surface area (Å²) in [5, 5.41) is 10.9. The molecular weight excluding hydrogens is 298 g/mol. The van der Waals surface area contributed by atoms with Crippen molar-refractivity contribution < 1.29 is 14.5 Å². The van der Waals surface area contributed by atoms with Gasteiger partial charge >= 0.3 is 0 Å². The predicted octanol–water partition coefficient (Wildman–Crippen LogP) is 2.96. The number of H-pyrrole nitrogens is 1. The van der Waals surface area contributed by atoms with E-state index in [-0.39, 0.29) is 23.4 Å². The van der Waals surface area contributed by atoms with E-state index in [2.05, 4.69) is 4.98 Å². The first-order valence-corrected chi connectivity index (χ1v) is 7.02. The van der Waals surface area contributed by atoms with E-state index in [9.17, 15) is 19.7 Å². The minimum atomic E-state index is -0.470. The van der Waals surface area contributed by atoms with E-state index in [0.717, 1.165) is 0 Å². The van der Waals surface area contributed by atoms with Gasteiger partial charge in [-0.05, 0) is 25.5 Å². The second kappa shape index (κ2) is 6.43. The molecule has 0 aliphatic heterocycles. The molecule has 2 rings (SSSR count). The number of nitro groups is 1. The largest absolute Gasteiger partial charge is 0.356 e. The highest BCUT2D eigenvalue weighted by Crippen LogP contribution is 2.24. The summed E-state index contributed by atoms with van der Waals surface area (Å²) in [6.45, 7) is 3.21. The summed E-state index contributed by atoms with van der Waals surface area (Å²) in [5.41, 5.74) is 1.38. The van der Waals surface area contributed by atoms with Gasteiger partial charge in [0.1, 0.15) is 5.69 Å². The van der Waals surface area contributed by atoms with Crippen LogP contribution in [0.4, 0.5) is 5.69 Å². The monoisotopic (exact) mass is 315 g/mol. The Morgan fingerprint density at radius 1 is 1.30 bits per heavy atom. The molecule has 7 nitrogen and oxygen atoms in total.